The summed E-state index contributed by atoms with van der Waals surface area (Å²) in [4.78, 5) is 10.9. The molecule has 0 aliphatic rings. The fourth-order valence-electron chi connectivity index (χ4n) is 1.36. The van der Waals surface area contributed by atoms with Crippen LogP contribution in [0.2, 0.25) is 0 Å². The maximum atomic E-state index is 10.9. The van der Waals surface area contributed by atoms with Crippen molar-refractivity contribution in [3.63, 3.8) is 0 Å². The van der Waals surface area contributed by atoms with Crippen LogP contribution in [-0.4, -0.2) is 27.5 Å². The summed E-state index contributed by atoms with van der Waals surface area (Å²) >= 11 is 0. The fraction of sp³-hybridized carbons (Fsp3) is 0.400. The summed E-state index contributed by atoms with van der Waals surface area (Å²) < 4.78 is 6.79. The number of nitrogens with zero attached hydrogens (tertiary/aromatic N) is 2. The lowest BCUT2D eigenvalue weighted by Gasteiger charge is -2.04. The van der Waals surface area contributed by atoms with Crippen LogP contribution in [0.3, 0.4) is 0 Å². The van der Waals surface area contributed by atoms with Gasteiger partial charge in [0.25, 0.3) is 0 Å². The van der Waals surface area contributed by atoms with Crippen LogP contribution in [0.25, 0.3) is 0 Å². The zero-order chi connectivity index (χ0) is 11.4. The summed E-state index contributed by atoms with van der Waals surface area (Å²) in [6, 6.07) is 0. The molecule has 82 valence electrons. The maximum Gasteiger partial charge on any atom is 0.356 e. The van der Waals surface area contributed by atoms with E-state index in [1.54, 1.807) is 13.1 Å². The predicted octanol–water partition coefficient (Wildman–Crippen LogP) is 1.25. The highest BCUT2D eigenvalue weighted by Crippen LogP contribution is 2.22. The van der Waals surface area contributed by atoms with Crippen LogP contribution < -0.4 is 4.74 Å². The SMILES string of the molecule is C=CCOc1c(CC)c(C(=O)O)nn1C. The topological polar surface area (TPSA) is 64.3 Å². The Hall–Kier alpha value is -1.78. The number of ether oxygens (including phenoxy) is 1. The number of rotatable bonds is 5. The Balaban J connectivity index is 3.12. The van der Waals surface area contributed by atoms with Gasteiger partial charge in [-0.2, -0.15) is 5.10 Å². The number of aromatic carboxylic acids is 1. The second-order valence-electron chi connectivity index (χ2n) is 3.01. The Labute approximate surface area is 88.0 Å². The Kier molecular flexibility index (Phi) is 3.49. The molecule has 0 aliphatic carbocycles. The third kappa shape index (κ3) is 2.18. The van der Waals surface area contributed by atoms with Crippen molar-refractivity contribution in [1.82, 2.24) is 9.78 Å². The van der Waals surface area contributed by atoms with Crippen molar-refractivity contribution in [3.05, 3.63) is 23.9 Å². The van der Waals surface area contributed by atoms with Gasteiger partial charge in [-0.25, -0.2) is 9.48 Å². The van der Waals surface area contributed by atoms with Gasteiger partial charge in [-0.05, 0) is 6.42 Å². The van der Waals surface area contributed by atoms with Gasteiger partial charge in [0.15, 0.2) is 5.69 Å². The molecule has 0 fully saturated rings. The normalized spacial score (nSPS) is 10.0. The number of aromatic nitrogens is 2. The maximum absolute atomic E-state index is 10.9. The van der Waals surface area contributed by atoms with E-state index < -0.39 is 5.97 Å². The number of carboxylic acids is 1. The Bertz CT molecular complexity index is 382. The van der Waals surface area contributed by atoms with Gasteiger partial charge < -0.3 is 9.84 Å². The van der Waals surface area contributed by atoms with Crippen molar-refractivity contribution in [1.29, 1.82) is 0 Å². The fourth-order valence-corrected chi connectivity index (χ4v) is 1.36. The Morgan fingerprint density at radius 1 is 1.73 bits per heavy atom. The second-order valence-corrected chi connectivity index (χ2v) is 3.01. The summed E-state index contributed by atoms with van der Waals surface area (Å²) in [5, 5.41) is 12.8. The van der Waals surface area contributed by atoms with Crippen molar-refractivity contribution in [3.8, 4) is 5.88 Å². The zero-order valence-electron chi connectivity index (χ0n) is 8.86. The lowest BCUT2D eigenvalue weighted by molar-refractivity contribution is 0.0688. The van der Waals surface area contributed by atoms with Crippen LogP contribution >= 0.6 is 0 Å². The van der Waals surface area contributed by atoms with E-state index in [2.05, 4.69) is 11.7 Å². The molecule has 1 heterocycles. The molecule has 15 heavy (non-hydrogen) atoms. The largest absolute Gasteiger partial charge is 0.476 e. The van der Waals surface area contributed by atoms with Gasteiger partial charge in [0.1, 0.15) is 6.61 Å². The Morgan fingerprint density at radius 3 is 2.87 bits per heavy atom. The molecule has 5 heteroatoms. The minimum absolute atomic E-state index is 0.0547. The highest BCUT2D eigenvalue weighted by molar-refractivity contribution is 5.87. The lowest BCUT2D eigenvalue weighted by Crippen LogP contribution is -2.02. The molecule has 1 rings (SSSR count). The van der Waals surface area contributed by atoms with Gasteiger partial charge in [0.2, 0.25) is 5.88 Å². The van der Waals surface area contributed by atoms with Crippen LogP contribution in [0.4, 0.5) is 0 Å². The zero-order valence-corrected chi connectivity index (χ0v) is 8.86. The molecule has 0 bridgehead atoms. The molecule has 0 atom stereocenters. The van der Waals surface area contributed by atoms with Crippen LogP contribution in [0.5, 0.6) is 5.88 Å². The standard InChI is InChI=1S/C10H14N2O3/c1-4-6-15-9-7(5-2)8(10(13)14)11-12(9)3/h4H,1,5-6H2,2-3H3,(H,13,14). The van der Waals surface area contributed by atoms with Crippen LogP contribution in [0.15, 0.2) is 12.7 Å². The highest BCUT2D eigenvalue weighted by Gasteiger charge is 2.20. The van der Waals surface area contributed by atoms with Gasteiger partial charge in [0, 0.05) is 12.6 Å². The summed E-state index contributed by atoms with van der Waals surface area (Å²) in [5.41, 5.74) is 0.672. The number of hydrogen-bond acceptors (Lipinski definition) is 3. The van der Waals surface area contributed by atoms with Crippen LogP contribution in [0.1, 0.15) is 23.0 Å². The molecule has 5 nitrogen and oxygen atoms in total. The molecule has 0 radical (unpaired) electrons. The van der Waals surface area contributed by atoms with Gasteiger partial charge in [0.05, 0.1) is 0 Å². The molecule has 0 saturated carbocycles. The van der Waals surface area contributed by atoms with Crippen molar-refractivity contribution in [2.75, 3.05) is 6.61 Å². The van der Waals surface area contributed by atoms with E-state index in [9.17, 15) is 4.79 Å². The van der Waals surface area contributed by atoms with E-state index in [0.29, 0.717) is 24.5 Å². The summed E-state index contributed by atoms with van der Waals surface area (Å²) in [7, 11) is 1.66. The molecule has 0 spiro atoms. The average Bonchev–Trinajstić information content (AvgIpc) is 2.52. The van der Waals surface area contributed by atoms with Gasteiger partial charge in [-0.3, -0.25) is 0 Å². The minimum Gasteiger partial charge on any atom is -0.476 e. The highest BCUT2D eigenvalue weighted by atomic mass is 16.5. The van der Waals surface area contributed by atoms with E-state index in [1.165, 1.54) is 4.68 Å². The number of carbonyl (C=O) groups is 1. The number of carboxylic acid groups (broad SMARTS) is 1. The molecule has 0 aliphatic heterocycles. The van der Waals surface area contributed by atoms with E-state index >= 15 is 0 Å². The molecule has 0 saturated heterocycles. The third-order valence-electron chi connectivity index (χ3n) is 1.98. The molecular weight excluding hydrogens is 196 g/mol. The second kappa shape index (κ2) is 4.63. The molecular formula is C10H14N2O3. The van der Waals surface area contributed by atoms with Gasteiger partial charge in [-0.15, -0.1) is 0 Å². The number of aryl methyl sites for hydroxylation is 1. The predicted molar refractivity (Wildman–Crippen MR) is 55.2 cm³/mol. The van der Waals surface area contributed by atoms with Crippen molar-refractivity contribution in [2.45, 2.75) is 13.3 Å². The smallest absolute Gasteiger partial charge is 0.356 e. The molecule has 0 amide bonds. The Morgan fingerprint density at radius 2 is 2.40 bits per heavy atom. The van der Waals surface area contributed by atoms with Crippen LogP contribution in [0, 0.1) is 0 Å². The van der Waals surface area contributed by atoms with Crippen molar-refractivity contribution in [2.24, 2.45) is 7.05 Å². The summed E-state index contributed by atoms with van der Waals surface area (Å²) in [6.45, 7) is 5.74. The first kappa shape index (κ1) is 11.3. The minimum atomic E-state index is -1.03. The lowest BCUT2D eigenvalue weighted by atomic mass is 10.2. The molecule has 1 aromatic rings. The quantitative estimate of drug-likeness (QED) is 0.743. The van der Waals surface area contributed by atoms with E-state index in [-0.39, 0.29) is 5.69 Å². The van der Waals surface area contributed by atoms with Gasteiger partial charge >= 0.3 is 5.97 Å². The average molecular weight is 210 g/mol. The third-order valence-corrected chi connectivity index (χ3v) is 1.98. The molecule has 0 aromatic carbocycles. The first-order chi connectivity index (χ1) is 7.11. The summed E-state index contributed by atoms with van der Waals surface area (Å²) in [6.07, 6.45) is 2.18. The number of hydrogen-bond donors (Lipinski definition) is 1. The van der Waals surface area contributed by atoms with Crippen molar-refractivity contribution >= 4 is 5.97 Å². The van der Waals surface area contributed by atoms with E-state index in [0.717, 1.165) is 0 Å². The van der Waals surface area contributed by atoms with E-state index in [4.69, 9.17) is 9.84 Å². The summed E-state index contributed by atoms with van der Waals surface area (Å²) in [5.74, 6) is -0.536. The van der Waals surface area contributed by atoms with E-state index in [1.807, 2.05) is 6.92 Å². The van der Waals surface area contributed by atoms with Gasteiger partial charge in [-0.1, -0.05) is 19.6 Å². The molecule has 1 N–H and O–H groups in total. The van der Waals surface area contributed by atoms with Crippen molar-refractivity contribution < 1.29 is 14.6 Å². The first-order valence-electron chi connectivity index (χ1n) is 4.64. The molecule has 1 aromatic heterocycles. The molecule has 0 unspecified atom stereocenters. The van der Waals surface area contributed by atoms with Crippen LogP contribution in [-0.2, 0) is 13.5 Å². The first-order valence-corrected chi connectivity index (χ1v) is 4.64. The monoisotopic (exact) mass is 210 g/mol.